The number of rotatable bonds is 4. The number of carbonyl (C=O) groups is 1. The predicted molar refractivity (Wildman–Crippen MR) is 95.3 cm³/mol. The fourth-order valence-electron chi connectivity index (χ4n) is 2.13. The molecule has 0 spiro atoms. The molecule has 120 valence electrons. The van der Waals surface area contributed by atoms with E-state index in [0.29, 0.717) is 17.0 Å². The molecule has 3 rings (SSSR count). The second kappa shape index (κ2) is 7.18. The normalized spacial score (nSPS) is 10.9. The van der Waals surface area contributed by atoms with Gasteiger partial charge in [-0.15, -0.1) is 0 Å². The number of hydrogen-bond acceptors (Lipinski definition) is 5. The van der Waals surface area contributed by atoms with Crippen molar-refractivity contribution < 1.29 is 9.53 Å². The number of nitrogens with zero attached hydrogens (tertiary/aromatic N) is 3. The van der Waals surface area contributed by atoms with Gasteiger partial charge in [0.05, 0.1) is 24.4 Å². The van der Waals surface area contributed by atoms with E-state index >= 15 is 0 Å². The van der Waals surface area contributed by atoms with Gasteiger partial charge in [0.15, 0.2) is 0 Å². The molecule has 0 saturated carbocycles. The molecule has 0 fully saturated rings. The van der Waals surface area contributed by atoms with E-state index in [1.807, 2.05) is 24.3 Å². The van der Waals surface area contributed by atoms with Crippen LogP contribution in [-0.2, 0) is 0 Å². The molecular formula is C17H13BrN4O2. The van der Waals surface area contributed by atoms with Crippen molar-refractivity contribution in [1.29, 1.82) is 0 Å². The first-order valence-corrected chi connectivity index (χ1v) is 7.84. The third-order valence-corrected chi connectivity index (χ3v) is 3.77. The molecule has 2 heterocycles. The first kappa shape index (κ1) is 16.1. The summed E-state index contributed by atoms with van der Waals surface area (Å²) in [5.74, 6) is 0.121. The largest absolute Gasteiger partial charge is 0.481 e. The maximum atomic E-state index is 11.9. The summed E-state index contributed by atoms with van der Waals surface area (Å²) in [6.07, 6.45) is 4.60. The second-order valence-electron chi connectivity index (χ2n) is 4.86. The topological polar surface area (TPSA) is 76.5 Å². The van der Waals surface area contributed by atoms with E-state index < -0.39 is 0 Å². The predicted octanol–water partition coefficient (Wildman–Crippen LogP) is 3.16. The highest BCUT2D eigenvalue weighted by molar-refractivity contribution is 9.10. The van der Waals surface area contributed by atoms with Gasteiger partial charge in [0.1, 0.15) is 0 Å². The Morgan fingerprint density at radius 2 is 2.04 bits per heavy atom. The van der Waals surface area contributed by atoms with Gasteiger partial charge < -0.3 is 4.74 Å². The van der Waals surface area contributed by atoms with Crippen LogP contribution in [0.25, 0.3) is 10.9 Å². The number of aromatic nitrogens is 2. The number of amides is 1. The molecule has 0 atom stereocenters. The molecule has 1 amide bonds. The minimum atomic E-state index is -0.316. The number of methoxy groups -OCH3 is 1. The summed E-state index contributed by atoms with van der Waals surface area (Å²) in [6.45, 7) is 0. The van der Waals surface area contributed by atoms with Crippen molar-refractivity contribution >= 4 is 39.0 Å². The van der Waals surface area contributed by atoms with Gasteiger partial charge >= 0.3 is 0 Å². The van der Waals surface area contributed by atoms with Gasteiger partial charge in [0.2, 0.25) is 5.88 Å². The smallest absolute Gasteiger partial charge is 0.271 e. The van der Waals surface area contributed by atoms with Crippen LogP contribution in [0.2, 0.25) is 0 Å². The van der Waals surface area contributed by atoms with Crippen LogP contribution < -0.4 is 10.2 Å². The van der Waals surface area contributed by atoms with Crippen molar-refractivity contribution in [3.8, 4) is 5.88 Å². The molecule has 0 bridgehead atoms. The Balaban J connectivity index is 1.84. The van der Waals surface area contributed by atoms with Crippen LogP contribution in [0.4, 0.5) is 0 Å². The molecule has 0 aliphatic rings. The third-order valence-electron chi connectivity index (χ3n) is 3.28. The zero-order valence-electron chi connectivity index (χ0n) is 12.7. The number of halogens is 1. The fourth-order valence-corrected chi connectivity index (χ4v) is 2.51. The molecule has 3 aromatic rings. The van der Waals surface area contributed by atoms with Crippen molar-refractivity contribution in [2.75, 3.05) is 7.11 Å². The van der Waals surface area contributed by atoms with Gasteiger partial charge in [-0.1, -0.05) is 15.9 Å². The standard InChI is InChI=1S/C17H13BrN4O2/c1-24-17-13(8-12-9-14(18)2-3-15(12)21-17)10-20-22-16(23)11-4-6-19-7-5-11/h2-10H,1H3,(H,22,23)/b20-10+. The van der Waals surface area contributed by atoms with Crippen molar-refractivity contribution in [2.24, 2.45) is 5.10 Å². The van der Waals surface area contributed by atoms with E-state index in [2.05, 4.69) is 36.4 Å². The summed E-state index contributed by atoms with van der Waals surface area (Å²) in [7, 11) is 1.54. The van der Waals surface area contributed by atoms with Crippen molar-refractivity contribution in [1.82, 2.24) is 15.4 Å². The Morgan fingerprint density at radius 3 is 2.79 bits per heavy atom. The first-order chi connectivity index (χ1) is 11.7. The summed E-state index contributed by atoms with van der Waals surface area (Å²) in [4.78, 5) is 20.2. The average molecular weight is 385 g/mol. The number of fused-ring (bicyclic) bond motifs is 1. The van der Waals surface area contributed by atoms with E-state index in [0.717, 1.165) is 15.4 Å². The zero-order valence-corrected chi connectivity index (χ0v) is 14.3. The monoisotopic (exact) mass is 384 g/mol. The van der Waals surface area contributed by atoms with Crippen molar-refractivity contribution in [2.45, 2.75) is 0 Å². The number of hydrogen-bond donors (Lipinski definition) is 1. The third kappa shape index (κ3) is 3.57. The highest BCUT2D eigenvalue weighted by Gasteiger charge is 2.07. The maximum Gasteiger partial charge on any atom is 0.271 e. The second-order valence-corrected chi connectivity index (χ2v) is 5.77. The van der Waals surface area contributed by atoms with E-state index in [1.165, 1.54) is 6.21 Å². The van der Waals surface area contributed by atoms with Gasteiger partial charge in [-0.25, -0.2) is 10.4 Å². The summed E-state index contributed by atoms with van der Waals surface area (Å²) in [5.41, 5.74) is 4.43. The number of benzene rings is 1. The Bertz CT molecular complexity index is 913. The Kier molecular flexibility index (Phi) is 4.81. The lowest BCUT2D eigenvalue weighted by atomic mass is 10.1. The molecule has 24 heavy (non-hydrogen) atoms. The Hall–Kier alpha value is -2.80. The minimum Gasteiger partial charge on any atom is -0.481 e. The quantitative estimate of drug-likeness (QED) is 0.553. The summed E-state index contributed by atoms with van der Waals surface area (Å²) >= 11 is 3.44. The molecule has 0 unspecified atom stereocenters. The van der Waals surface area contributed by atoms with Crippen molar-refractivity contribution in [3.05, 3.63) is 64.4 Å². The maximum absolute atomic E-state index is 11.9. The number of ether oxygens (including phenoxy) is 1. The van der Waals surface area contributed by atoms with E-state index in [9.17, 15) is 4.79 Å². The van der Waals surface area contributed by atoms with Gasteiger partial charge in [0, 0.05) is 27.8 Å². The Morgan fingerprint density at radius 1 is 1.25 bits per heavy atom. The lowest BCUT2D eigenvalue weighted by Gasteiger charge is -2.06. The first-order valence-electron chi connectivity index (χ1n) is 7.05. The van der Waals surface area contributed by atoms with Gasteiger partial charge in [-0.3, -0.25) is 9.78 Å². The van der Waals surface area contributed by atoms with Gasteiger partial charge in [0.25, 0.3) is 5.91 Å². The molecule has 1 N–H and O–H groups in total. The molecule has 0 radical (unpaired) electrons. The number of hydrazone groups is 1. The van der Waals surface area contributed by atoms with Crippen LogP contribution >= 0.6 is 15.9 Å². The summed E-state index contributed by atoms with van der Waals surface area (Å²) in [6, 6.07) is 10.9. The molecular weight excluding hydrogens is 372 g/mol. The minimum absolute atomic E-state index is 0.316. The lowest BCUT2D eigenvalue weighted by molar-refractivity contribution is 0.0955. The molecule has 7 heteroatoms. The van der Waals surface area contributed by atoms with Gasteiger partial charge in [-0.2, -0.15) is 5.10 Å². The van der Waals surface area contributed by atoms with Crippen LogP contribution in [0.15, 0.2) is 58.4 Å². The molecule has 2 aromatic heterocycles. The molecule has 0 saturated heterocycles. The zero-order chi connectivity index (χ0) is 16.9. The Labute approximate surface area is 146 Å². The van der Waals surface area contributed by atoms with E-state index in [4.69, 9.17) is 4.74 Å². The fraction of sp³-hybridized carbons (Fsp3) is 0.0588. The van der Waals surface area contributed by atoms with E-state index in [1.54, 1.807) is 31.6 Å². The summed E-state index contributed by atoms with van der Waals surface area (Å²) in [5, 5.41) is 4.92. The van der Waals surface area contributed by atoms with Crippen LogP contribution in [0.5, 0.6) is 5.88 Å². The average Bonchev–Trinajstić information content (AvgIpc) is 2.61. The van der Waals surface area contributed by atoms with Crippen LogP contribution in [-0.4, -0.2) is 29.2 Å². The SMILES string of the molecule is COc1nc2ccc(Br)cc2cc1/C=N/NC(=O)c1ccncc1. The summed E-state index contributed by atoms with van der Waals surface area (Å²) < 4.78 is 6.25. The molecule has 0 aliphatic carbocycles. The van der Waals surface area contributed by atoms with Crippen LogP contribution in [0, 0.1) is 0 Å². The van der Waals surface area contributed by atoms with E-state index in [-0.39, 0.29) is 5.91 Å². The highest BCUT2D eigenvalue weighted by Crippen LogP contribution is 2.23. The van der Waals surface area contributed by atoms with Gasteiger partial charge in [-0.05, 0) is 36.4 Å². The molecule has 0 aliphatic heterocycles. The number of carbonyl (C=O) groups excluding carboxylic acids is 1. The number of pyridine rings is 2. The van der Waals surface area contributed by atoms with Crippen LogP contribution in [0.1, 0.15) is 15.9 Å². The van der Waals surface area contributed by atoms with Crippen LogP contribution in [0.3, 0.4) is 0 Å². The molecule has 1 aromatic carbocycles. The lowest BCUT2D eigenvalue weighted by Crippen LogP contribution is -2.17. The number of nitrogens with one attached hydrogen (secondary N) is 1. The highest BCUT2D eigenvalue weighted by atomic mass is 79.9. The molecule has 6 nitrogen and oxygen atoms in total. The van der Waals surface area contributed by atoms with Crippen molar-refractivity contribution in [3.63, 3.8) is 0 Å².